The molecule has 0 amide bonds. The molecule has 1 aromatic carbocycles. The van der Waals surface area contributed by atoms with E-state index in [0.717, 1.165) is 11.1 Å². The van der Waals surface area contributed by atoms with Crippen molar-refractivity contribution >= 4 is 5.97 Å². The Labute approximate surface area is 124 Å². The molecule has 0 saturated carbocycles. The van der Waals surface area contributed by atoms with Crippen molar-refractivity contribution in [2.75, 3.05) is 0 Å². The number of aromatic nitrogens is 2. The van der Waals surface area contributed by atoms with E-state index in [0.29, 0.717) is 17.4 Å². The molecule has 0 aliphatic carbocycles. The van der Waals surface area contributed by atoms with Gasteiger partial charge in [-0.05, 0) is 37.0 Å². The number of hydrogen-bond acceptors (Lipinski definition) is 3. The van der Waals surface area contributed by atoms with Crippen molar-refractivity contribution in [1.29, 1.82) is 0 Å². The lowest BCUT2D eigenvalue weighted by atomic mass is 10.0. The lowest BCUT2D eigenvalue weighted by molar-refractivity contribution is 0.0693. The van der Waals surface area contributed by atoms with Gasteiger partial charge in [-0.2, -0.15) is 5.10 Å². The number of carbonyl (C=O) groups is 1. The minimum atomic E-state index is -1.03. The summed E-state index contributed by atoms with van der Waals surface area (Å²) in [6.07, 6.45) is 0. The zero-order chi connectivity index (χ0) is 15.7. The second-order valence-electron chi connectivity index (χ2n) is 5.48. The molecule has 21 heavy (non-hydrogen) atoms. The van der Waals surface area contributed by atoms with Gasteiger partial charge in [0.25, 0.3) is 0 Å². The van der Waals surface area contributed by atoms with Gasteiger partial charge in [0.05, 0.1) is 5.69 Å². The number of carboxylic acids is 1. The molecule has 0 aliphatic heterocycles. The van der Waals surface area contributed by atoms with Gasteiger partial charge in [-0.15, -0.1) is 0 Å². The van der Waals surface area contributed by atoms with Crippen LogP contribution in [0, 0.1) is 13.8 Å². The molecule has 0 unspecified atom stereocenters. The van der Waals surface area contributed by atoms with Gasteiger partial charge in [0.2, 0.25) is 5.88 Å². The first-order chi connectivity index (χ1) is 9.81. The summed E-state index contributed by atoms with van der Waals surface area (Å²) in [7, 11) is 1.68. The second-order valence-corrected chi connectivity index (χ2v) is 5.48. The van der Waals surface area contributed by atoms with Crippen LogP contribution in [0.1, 0.15) is 46.9 Å². The van der Waals surface area contributed by atoms with E-state index in [-0.39, 0.29) is 11.4 Å². The smallest absolute Gasteiger partial charge is 0.343 e. The number of aryl methyl sites for hydroxylation is 3. The van der Waals surface area contributed by atoms with E-state index in [4.69, 9.17) is 4.74 Å². The predicted octanol–water partition coefficient (Wildman–Crippen LogP) is 3.65. The first-order valence-corrected chi connectivity index (χ1v) is 6.86. The highest BCUT2D eigenvalue weighted by Crippen LogP contribution is 2.31. The molecule has 112 valence electrons. The van der Waals surface area contributed by atoms with Crippen molar-refractivity contribution in [2.24, 2.45) is 7.05 Å². The summed E-state index contributed by atoms with van der Waals surface area (Å²) in [5.74, 6) is 0.254. The molecule has 0 fully saturated rings. The highest BCUT2D eigenvalue weighted by molar-refractivity contribution is 5.91. The largest absolute Gasteiger partial charge is 0.477 e. The third-order valence-electron chi connectivity index (χ3n) is 3.47. The highest BCUT2D eigenvalue weighted by atomic mass is 16.5. The van der Waals surface area contributed by atoms with Crippen molar-refractivity contribution in [3.8, 4) is 11.6 Å². The predicted molar refractivity (Wildman–Crippen MR) is 80.2 cm³/mol. The minimum Gasteiger partial charge on any atom is -0.477 e. The van der Waals surface area contributed by atoms with Crippen molar-refractivity contribution in [1.82, 2.24) is 9.78 Å². The van der Waals surface area contributed by atoms with Crippen LogP contribution < -0.4 is 4.74 Å². The maximum atomic E-state index is 11.4. The van der Waals surface area contributed by atoms with Gasteiger partial charge in [0, 0.05) is 7.05 Å². The Morgan fingerprint density at radius 1 is 1.33 bits per heavy atom. The molecule has 1 N–H and O–H groups in total. The van der Waals surface area contributed by atoms with Crippen LogP contribution in [0.15, 0.2) is 18.2 Å². The summed E-state index contributed by atoms with van der Waals surface area (Å²) >= 11 is 0. The third-order valence-corrected chi connectivity index (χ3v) is 3.47. The molecule has 1 aromatic heterocycles. The van der Waals surface area contributed by atoms with Crippen LogP contribution in [-0.4, -0.2) is 20.9 Å². The summed E-state index contributed by atoms with van der Waals surface area (Å²) < 4.78 is 7.32. The molecule has 0 spiro atoms. The molecule has 0 saturated heterocycles. The maximum absolute atomic E-state index is 11.4. The molecule has 2 aromatic rings. The van der Waals surface area contributed by atoms with Crippen LogP contribution in [0.25, 0.3) is 0 Å². The summed E-state index contributed by atoms with van der Waals surface area (Å²) in [6, 6.07) is 5.99. The van der Waals surface area contributed by atoms with Crippen LogP contribution >= 0.6 is 0 Å². The number of rotatable bonds is 4. The summed E-state index contributed by atoms with van der Waals surface area (Å²) in [5, 5.41) is 13.4. The first-order valence-electron chi connectivity index (χ1n) is 6.86. The molecule has 0 radical (unpaired) electrons. The molecule has 2 rings (SSSR count). The number of carboxylic acid groups (broad SMARTS) is 1. The number of ether oxygens (including phenoxy) is 1. The lowest BCUT2D eigenvalue weighted by Crippen LogP contribution is -2.03. The Morgan fingerprint density at radius 2 is 2.00 bits per heavy atom. The first kappa shape index (κ1) is 15.1. The van der Waals surface area contributed by atoms with Crippen LogP contribution in [0.3, 0.4) is 0 Å². The van der Waals surface area contributed by atoms with Crippen LogP contribution in [-0.2, 0) is 7.05 Å². The standard InChI is InChI=1S/C16H20N2O3/c1-9(2)12-7-6-10(3)13(8-12)21-15-14(16(19)20)11(4)17-18(15)5/h6-9H,1-5H3,(H,19,20). The Kier molecular flexibility index (Phi) is 4.02. The Bertz CT molecular complexity index is 687. The quantitative estimate of drug-likeness (QED) is 0.932. The summed E-state index contributed by atoms with van der Waals surface area (Å²) in [6.45, 7) is 7.80. The molecule has 5 heteroatoms. The number of benzene rings is 1. The average Bonchev–Trinajstić information content (AvgIpc) is 2.66. The summed E-state index contributed by atoms with van der Waals surface area (Å²) in [4.78, 5) is 11.4. The monoisotopic (exact) mass is 288 g/mol. The van der Waals surface area contributed by atoms with E-state index >= 15 is 0 Å². The van der Waals surface area contributed by atoms with Crippen LogP contribution in [0.5, 0.6) is 11.6 Å². The van der Waals surface area contributed by atoms with E-state index in [9.17, 15) is 9.90 Å². The van der Waals surface area contributed by atoms with Crippen molar-refractivity contribution in [2.45, 2.75) is 33.6 Å². The topological polar surface area (TPSA) is 64.3 Å². The molecule has 5 nitrogen and oxygen atoms in total. The number of aromatic carboxylic acids is 1. The molecular weight excluding hydrogens is 268 g/mol. The van der Waals surface area contributed by atoms with Crippen molar-refractivity contribution in [3.05, 3.63) is 40.6 Å². The fourth-order valence-electron chi connectivity index (χ4n) is 2.19. The minimum absolute atomic E-state index is 0.104. The van der Waals surface area contributed by atoms with Gasteiger partial charge in [-0.3, -0.25) is 0 Å². The Balaban J connectivity index is 2.48. The van der Waals surface area contributed by atoms with Gasteiger partial charge in [0.15, 0.2) is 0 Å². The molecule has 0 bridgehead atoms. The van der Waals surface area contributed by atoms with Gasteiger partial charge in [-0.1, -0.05) is 26.0 Å². The molecule has 1 heterocycles. The molecule has 0 atom stereocenters. The zero-order valence-electron chi connectivity index (χ0n) is 13.0. The zero-order valence-corrected chi connectivity index (χ0v) is 13.0. The van der Waals surface area contributed by atoms with Crippen LogP contribution in [0.2, 0.25) is 0 Å². The normalized spacial score (nSPS) is 11.0. The average molecular weight is 288 g/mol. The van der Waals surface area contributed by atoms with E-state index in [2.05, 4.69) is 25.0 Å². The van der Waals surface area contributed by atoms with Gasteiger partial charge in [0.1, 0.15) is 11.3 Å². The number of nitrogens with zero attached hydrogens (tertiary/aromatic N) is 2. The third kappa shape index (κ3) is 2.91. The van der Waals surface area contributed by atoms with Crippen molar-refractivity contribution < 1.29 is 14.6 Å². The second kappa shape index (κ2) is 5.60. The fourth-order valence-corrected chi connectivity index (χ4v) is 2.19. The van der Waals surface area contributed by atoms with E-state index < -0.39 is 5.97 Å². The van der Waals surface area contributed by atoms with Crippen molar-refractivity contribution in [3.63, 3.8) is 0 Å². The summed E-state index contributed by atoms with van der Waals surface area (Å²) in [5.41, 5.74) is 2.64. The number of hydrogen-bond donors (Lipinski definition) is 1. The van der Waals surface area contributed by atoms with Crippen LogP contribution in [0.4, 0.5) is 0 Å². The van der Waals surface area contributed by atoms with E-state index in [1.165, 1.54) is 4.68 Å². The van der Waals surface area contributed by atoms with E-state index in [1.54, 1.807) is 14.0 Å². The fraction of sp³-hybridized carbons (Fsp3) is 0.375. The van der Waals surface area contributed by atoms with Gasteiger partial charge < -0.3 is 9.84 Å². The maximum Gasteiger partial charge on any atom is 0.343 e. The molecule has 0 aliphatic rings. The highest BCUT2D eigenvalue weighted by Gasteiger charge is 2.22. The SMILES string of the molecule is Cc1ccc(C(C)C)cc1Oc1c(C(=O)O)c(C)nn1C. The Hall–Kier alpha value is -2.30. The molecular formula is C16H20N2O3. The Morgan fingerprint density at radius 3 is 2.57 bits per heavy atom. The van der Waals surface area contributed by atoms with E-state index in [1.807, 2.05) is 19.1 Å². The van der Waals surface area contributed by atoms with Gasteiger partial charge in [-0.25, -0.2) is 9.48 Å². The van der Waals surface area contributed by atoms with Gasteiger partial charge >= 0.3 is 5.97 Å². The lowest BCUT2D eigenvalue weighted by Gasteiger charge is -2.13.